The van der Waals surface area contributed by atoms with E-state index in [0.717, 1.165) is 11.3 Å². The number of benzene rings is 1. The molecule has 4 nitrogen and oxygen atoms in total. The van der Waals surface area contributed by atoms with Gasteiger partial charge in [-0.1, -0.05) is 18.2 Å². The van der Waals surface area contributed by atoms with Gasteiger partial charge in [0.05, 0.1) is 0 Å². The van der Waals surface area contributed by atoms with E-state index in [1.807, 2.05) is 24.3 Å². The summed E-state index contributed by atoms with van der Waals surface area (Å²) in [5.41, 5.74) is 7.49. The van der Waals surface area contributed by atoms with Gasteiger partial charge in [0.2, 0.25) is 5.91 Å². The van der Waals surface area contributed by atoms with Crippen LogP contribution in [-0.2, 0) is 11.2 Å². The molecule has 88 valence electrons. The second kappa shape index (κ2) is 6.85. The van der Waals surface area contributed by atoms with E-state index in [1.54, 1.807) is 0 Å². The SMILES string of the molecule is Nc1ccccc1CCC(=O)NCCCO. The summed E-state index contributed by atoms with van der Waals surface area (Å²) in [6, 6.07) is 7.55. The monoisotopic (exact) mass is 222 g/mol. The van der Waals surface area contributed by atoms with Crippen LogP contribution in [0.15, 0.2) is 24.3 Å². The minimum absolute atomic E-state index is 0.00305. The number of rotatable bonds is 6. The van der Waals surface area contributed by atoms with Gasteiger partial charge in [-0.25, -0.2) is 0 Å². The van der Waals surface area contributed by atoms with E-state index in [9.17, 15) is 4.79 Å². The largest absolute Gasteiger partial charge is 0.399 e. The smallest absolute Gasteiger partial charge is 0.220 e. The Kier molecular flexibility index (Phi) is 5.36. The molecule has 0 atom stereocenters. The maximum Gasteiger partial charge on any atom is 0.220 e. The number of nitrogen functional groups attached to an aromatic ring is 1. The molecular formula is C12H18N2O2. The highest BCUT2D eigenvalue weighted by Crippen LogP contribution is 2.12. The lowest BCUT2D eigenvalue weighted by Crippen LogP contribution is -2.25. The Morgan fingerprint density at radius 2 is 2.12 bits per heavy atom. The number of nitrogens with two attached hydrogens (primary N) is 1. The van der Waals surface area contributed by atoms with E-state index in [2.05, 4.69) is 5.32 Å². The van der Waals surface area contributed by atoms with Gasteiger partial charge >= 0.3 is 0 Å². The molecule has 1 aromatic rings. The molecule has 0 bridgehead atoms. The first-order valence-electron chi connectivity index (χ1n) is 5.45. The lowest BCUT2D eigenvalue weighted by molar-refractivity contribution is -0.121. The van der Waals surface area contributed by atoms with Crippen molar-refractivity contribution < 1.29 is 9.90 Å². The zero-order chi connectivity index (χ0) is 11.8. The number of aliphatic hydroxyl groups is 1. The van der Waals surface area contributed by atoms with Crippen LogP contribution in [0.4, 0.5) is 5.69 Å². The van der Waals surface area contributed by atoms with Crippen molar-refractivity contribution in [2.75, 3.05) is 18.9 Å². The molecule has 1 amide bonds. The first-order chi connectivity index (χ1) is 7.74. The van der Waals surface area contributed by atoms with Crippen LogP contribution < -0.4 is 11.1 Å². The quantitative estimate of drug-likeness (QED) is 0.490. The Morgan fingerprint density at radius 3 is 2.81 bits per heavy atom. The van der Waals surface area contributed by atoms with E-state index in [-0.39, 0.29) is 12.5 Å². The van der Waals surface area contributed by atoms with Crippen molar-refractivity contribution >= 4 is 11.6 Å². The Bertz CT molecular complexity index is 340. The first kappa shape index (κ1) is 12.5. The van der Waals surface area contributed by atoms with Crippen LogP contribution >= 0.6 is 0 Å². The number of para-hydroxylation sites is 1. The molecule has 0 saturated heterocycles. The first-order valence-corrected chi connectivity index (χ1v) is 5.45. The highest BCUT2D eigenvalue weighted by Gasteiger charge is 2.03. The third-order valence-corrected chi connectivity index (χ3v) is 2.33. The highest BCUT2D eigenvalue weighted by molar-refractivity contribution is 5.76. The van der Waals surface area contributed by atoms with Crippen LogP contribution in [0.1, 0.15) is 18.4 Å². The van der Waals surface area contributed by atoms with Crippen molar-refractivity contribution in [2.24, 2.45) is 0 Å². The molecule has 0 radical (unpaired) electrons. The summed E-state index contributed by atoms with van der Waals surface area (Å²) in [4.78, 5) is 11.4. The molecule has 4 heteroatoms. The van der Waals surface area contributed by atoms with Gasteiger partial charge < -0.3 is 16.2 Å². The van der Waals surface area contributed by atoms with Gasteiger partial charge in [-0.2, -0.15) is 0 Å². The van der Waals surface area contributed by atoms with Gasteiger partial charge in [0.25, 0.3) is 0 Å². The maximum atomic E-state index is 11.4. The number of hydrogen-bond donors (Lipinski definition) is 3. The third kappa shape index (κ3) is 4.31. The minimum atomic E-state index is -0.00305. The van der Waals surface area contributed by atoms with Gasteiger partial charge in [-0.05, 0) is 24.5 Å². The average Bonchev–Trinajstić information content (AvgIpc) is 2.28. The summed E-state index contributed by atoms with van der Waals surface area (Å²) >= 11 is 0. The minimum Gasteiger partial charge on any atom is -0.399 e. The van der Waals surface area contributed by atoms with Gasteiger partial charge in [0.1, 0.15) is 0 Å². The molecule has 0 aromatic heterocycles. The average molecular weight is 222 g/mol. The lowest BCUT2D eigenvalue weighted by atomic mass is 10.1. The molecule has 0 aliphatic rings. The molecular weight excluding hydrogens is 204 g/mol. The van der Waals surface area contributed by atoms with Crippen LogP contribution in [0, 0.1) is 0 Å². The van der Waals surface area contributed by atoms with Gasteiger partial charge in [0, 0.05) is 25.3 Å². The van der Waals surface area contributed by atoms with Crippen molar-refractivity contribution in [1.82, 2.24) is 5.32 Å². The Labute approximate surface area is 95.5 Å². The summed E-state index contributed by atoms with van der Waals surface area (Å²) in [6.45, 7) is 0.630. The zero-order valence-electron chi connectivity index (χ0n) is 9.28. The highest BCUT2D eigenvalue weighted by atomic mass is 16.3. The molecule has 1 rings (SSSR count). The van der Waals surface area contributed by atoms with Crippen LogP contribution in [-0.4, -0.2) is 24.2 Å². The van der Waals surface area contributed by atoms with Gasteiger partial charge in [0.15, 0.2) is 0 Å². The van der Waals surface area contributed by atoms with Gasteiger partial charge in [-0.3, -0.25) is 4.79 Å². The molecule has 0 unspecified atom stereocenters. The standard InChI is InChI=1S/C12H18N2O2/c13-11-5-2-1-4-10(11)6-7-12(16)14-8-3-9-15/h1-2,4-5,15H,3,6-9,13H2,(H,14,16). The Balaban J connectivity index is 2.29. The summed E-state index contributed by atoms with van der Waals surface area (Å²) in [7, 11) is 0. The van der Waals surface area contributed by atoms with E-state index in [1.165, 1.54) is 0 Å². The van der Waals surface area contributed by atoms with Crippen LogP contribution in [0.5, 0.6) is 0 Å². The lowest BCUT2D eigenvalue weighted by Gasteiger charge is -2.06. The fourth-order valence-corrected chi connectivity index (χ4v) is 1.41. The molecule has 0 fully saturated rings. The summed E-state index contributed by atoms with van der Waals surface area (Å²) < 4.78 is 0. The third-order valence-electron chi connectivity index (χ3n) is 2.33. The number of amides is 1. The van der Waals surface area contributed by atoms with Crippen molar-refractivity contribution in [3.8, 4) is 0 Å². The van der Waals surface area contributed by atoms with Gasteiger partial charge in [-0.15, -0.1) is 0 Å². The van der Waals surface area contributed by atoms with E-state index < -0.39 is 0 Å². The van der Waals surface area contributed by atoms with Crippen LogP contribution in [0.3, 0.4) is 0 Å². The van der Waals surface area contributed by atoms with E-state index in [0.29, 0.717) is 25.8 Å². The summed E-state index contributed by atoms with van der Waals surface area (Å²) in [6.07, 6.45) is 1.68. The predicted octanol–water partition coefficient (Wildman–Crippen LogP) is 0.700. The van der Waals surface area contributed by atoms with E-state index in [4.69, 9.17) is 10.8 Å². The Morgan fingerprint density at radius 1 is 1.38 bits per heavy atom. The van der Waals surface area contributed by atoms with E-state index >= 15 is 0 Å². The fraction of sp³-hybridized carbons (Fsp3) is 0.417. The number of hydrogen-bond acceptors (Lipinski definition) is 3. The van der Waals surface area contributed by atoms with Crippen molar-refractivity contribution in [1.29, 1.82) is 0 Å². The molecule has 4 N–H and O–H groups in total. The number of carbonyl (C=O) groups is 1. The molecule has 1 aromatic carbocycles. The topological polar surface area (TPSA) is 75.4 Å². The summed E-state index contributed by atoms with van der Waals surface area (Å²) in [5.74, 6) is -0.00305. The number of nitrogens with one attached hydrogen (secondary N) is 1. The van der Waals surface area contributed by atoms with Crippen molar-refractivity contribution in [2.45, 2.75) is 19.3 Å². The predicted molar refractivity (Wildman–Crippen MR) is 63.9 cm³/mol. The normalized spacial score (nSPS) is 10.1. The molecule has 0 aliphatic heterocycles. The number of aryl methyl sites for hydroxylation is 1. The number of aliphatic hydroxyl groups excluding tert-OH is 1. The van der Waals surface area contributed by atoms with Crippen LogP contribution in [0.2, 0.25) is 0 Å². The molecule has 0 saturated carbocycles. The van der Waals surface area contributed by atoms with Crippen molar-refractivity contribution in [3.05, 3.63) is 29.8 Å². The molecule has 16 heavy (non-hydrogen) atoms. The van der Waals surface area contributed by atoms with Crippen molar-refractivity contribution in [3.63, 3.8) is 0 Å². The number of carbonyl (C=O) groups excluding carboxylic acids is 1. The summed E-state index contributed by atoms with van der Waals surface area (Å²) in [5, 5.41) is 11.3. The van der Waals surface area contributed by atoms with Crippen LogP contribution in [0.25, 0.3) is 0 Å². The zero-order valence-corrected chi connectivity index (χ0v) is 9.28. The number of anilines is 1. The molecule has 0 heterocycles. The second-order valence-corrected chi connectivity index (χ2v) is 3.63. The Hall–Kier alpha value is -1.55. The molecule has 0 spiro atoms. The molecule has 0 aliphatic carbocycles. The maximum absolute atomic E-state index is 11.4. The fourth-order valence-electron chi connectivity index (χ4n) is 1.41. The second-order valence-electron chi connectivity index (χ2n) is 3.63.